The summed E-state index contributed by atoms with van der Waals surface area (Å²) in [5, 5.41) is 19.8. The molecule has 0 aliphatic carbocycles. The lowest BCUT2D eigenvalue weighted by molar-refractivity contribution is -0.133. The van der Waals surface area contributed by atoms with E-state index in [9.17, 15) is 35.6 Å². The van der Waals surface area contributed by atoms with Gasteiger partial charge in [-0.3, -0.25) is 48.0 Å². The number of aryl methyl sites for hydroxylation is 2. The number of hydrogen-bond donors (Lipinski definition) is 3. The van der Waals surface area contributed by atoms with Crippen LogP contribution in [0.2, 0.25) is 0 Å². The topological polar surface area (TPSA) is 281 Å². The van der Waals surface area contributed by atoms with Gasteiger partial charge in [-0.25, -0.2) is 16.8 Å². The average Bonchev–Trinajstić information content (AvgIpc) is 1.33. The van der Waals surface area contributed by atoms with E-state index in [0.29, 0.717) is 111 Å². The van der Waals surface area contributed by atoms with Crippen molar-refractivity contribution in [2.75, 3.05) is 35.9 Å². The molecule has 0 saturated carbocycles. The fourth-order valence-corrected chi connectivity index (χ4v) is 13.8. The van der Waals surface area contributed by atoms with Crippen LogP contribution in [0, 0.1) is 39.0 Å². The molecule has 6 aromatic rings. The second-order valence-electron chi connectivity index (χ2n) is 22.8. The first-order valence-corrected chi connectivity index (χ1v) is 33.5. The highest BCUT2D eigenvalue weighted by Crippen LogP contribution is 2.40. The second-order valence-corrected chi connectivity index (χ2v) is 26.1. The molecule has 0 fully saturated rings. The summed E-state index contributed by atoms with van der Waals surface area (Å²) in [6, 6.07) is 24.8. The van der Waals surface area contributed by atoms with Crippen molar-refractivity contribution in [1.29, 1.82) is 5.26 Å². The molecule has 2 aromatic heterocycles. The zero-order valence-corrected chi connectivity index (χ0v) is 54.6. The van der Waals surface area contributed by atoms with Gasteiger partial charge in [0.25, 0.3) is 31.9 Å². The Labute approximate surface area is 527 Å². The van der Waals surface area contributed by atoms with Crippen molar-refractivity contribution in [2.45, 2.75) is 180 Å². The van der Waals surface area contributed by atoms with Gasteiger partial charge in [-0.1, -0.05) is 111 Å². The number of nitriles is 1. The minimum absolute atomic E-state index is 0.00414. The van der Waals surface area contributed by atoms with Crippen molar-refractivity contribution in [3.05, 3.63) is 129 Å². The Morgan fingerprint density at radius 3 is 1.71 bits per heavy atom. The highest BCUT2D eigenvalue weighted by molar-refractivity contribution is 7.93. The molecular weight excluding hydrogens is 1190 g/mol. The van der Waals surface area contributed by atoms with Gasteiger partial charge >= 0.3 is 0 Å². The molecule has 0 bridgehead atoms. The summed E-state index contributed by atoms with van der Waals surface area (Å²) in [6.07, 6.45) is 2.89. The van der Waals surface area contributed by atoms with Gasteiger partial charge in [-0.15, -0.1) is 0 Å². The Kier molecular flexibility index (Phi) is 22.0. The van der Waals surface area contributed by atoms with Gasteiger partial charge in [-0.05, 0) is 124 Å². The molecule has 2 aliphatic heterocycles. The van der Waals surface area contributed by atoms with Gasteiger partial charge in [-0.2, -0.15) is 5.26 Å². The number of alkyl halides is 1. The molecule has 3 N–H and O–H groups in total. The van der Waals surface area contributed by atoms with Crippen LogP contribution < -0.4 is 14.8 Å². The second kappa shape index (κ2) is 29.2. The van der Waals surface area contributed by atoms with Gasteiger partial charge in [0.1, 0.15) is 35.2 Å². The molecule has 0 saturated heterocycles. The lowest BCUT2D eigenvalue weighted by Gasteiger charge is -2.26. The number of amides is 3. The van der Waals surface area contributed by atoms with E-state index in [1.54, 1.807) is 73.9 Å². The number of ether oxygens (including phenoxy) is 2. The predicted molar refractivity (Wildman–Crippen MR) is 341 cm³/mol. The smallest absolute Gasteiger partial charge is 0.263 e. The van der Waals surface area contributed by atoms with E-state index < -0.39 is 43.7 Å². The quantitative estimate of drug-likeness (QED) is 0.0354. The number of halogens is 1. The molecule has 0 spiro atoms. The number of unbranched alkanes of at least 4 members (excludes halogenated alkanes) is 1. The Bertz CT molecular complexity index is 3970. The molecule has 1 unspecified atom stereocenters. The number of aromatic nitrogens is 2. The Hall–Kier alpha value is -8.11. The molecule has 3 atom stereocenters. The molecular formula is C66H81FN10O11S2. The Balaban J connectivity index is 1.11. The highest BCUT2D eigenvalue weighted by atomic mass is 32.2. The summed E-state index contributed by atoms with van der Waals surface area (Å²) < 4.78 is 100. The molecule has 24 heteroatoms. The number of benzene rings is 4. The third kappa shape index (κ3) is 14.7. The van der Waals surface area contributed by atoms with Crippen LogP contribution in [0.15, 0.2) is 108 Å². The number of carbonyl (C=O) groups is 3. The van der Waals surface area contributed by atoms with Crippen LogP contribution in [-0.4, -0.2) is 104 Å². The number of nitrogens with zero attached hydrogens (tertiary/aromatic N) is 7. The van der Waals surface area contributed by atoms with E-state index >= 15 is 0 Å². The monoisotopic (exact) mass is 1270 g/mol. The number of rotatable bonds is 32. The fraction of sp³-hybridized carbons (Fsp3) is 0.455. The van der Waals surface area contributed by atoms with Gasteiger partial charge in [0, 0.05) is 54.7 Å². The van der Waals surface area contributed by atoms with Crippen molar-refractivity contribution in [3.63, 3.8) is 0 Å². The normalized spacial score (nSPS) is 17.2. The first kappa shape index (κ1) is 67.8. The maximum absolute atomic E-state index is 15.0. The molecule has 8 rings (SSSR count). The number of nitrogens with one attached hydrogen (secondary N) is 3. The van der Waals surface area contributed by atoms with Gasteiger partial charge in [0.15, 0.2) is 17.2 Å². The zero-order chi connectivity index (χ0) is 65.1. The van der Waals surface area contributed by atoms with Gasteiger partial charge in [0.05, 0.1) is 55.4 Å². The molecule has 90 heavy (non-hydrogen) atoms. The molecule has 2 aliphatic rings. The minimum atomic E-state index is -4.43. The van der Waals surface area contributed by atoms with Crippen molar-refractivity contribution < 1.29 is 54.1 Å². The van der Waals surface area contributed by atoms with E-state index in [4.69, 9.17) is 33.8 Å². The van der Waals surface area contributed by atoms with Crippen LogP contribution in [0.3, 0.4) is 0 Å². The van der Waals surface area contributed by atoms with Gasteiger partial charge < -0.3 is 23.8 Å². The number of sulfonamides is 2. The van der Waals surface area contributed by atoms with Crippen LogP contribution in [0.4, 0.5) is 16.0 Å². The molecule has 4 heterocycles. The summed E-state index contributed by atoms with van der Waals surface area (Å²) >= 11 is 0. The van der Waals surface area contributed by atoms with Crippen molar-refractivity contribution >= 4 is 61.1 Å². The fourth-order valence-electron chi connectivity index (χ4n) is 11.2. The van der Waals surface area contributed by atoms with Crippen molar-refractivity contribution in [1.82, 2.24) is 25.4 Å². The summed E-state index contributed by atoms with van der Waals surface area (Å²) in [6.45, 7) is 18.4. The predicted octanol–water partition coefficient (Wildman–Crippen LogP) is 11.8. The number of carbonyl (C=O) groups excluding carboxylic acids is 3. The summed E-state index contributed by atoms with van der Waals surface area (Å²) in [4.78, 5) is 54.8. The Morgan fingerprint density at radius 1 is 0.689 bits per heavy atom. The number of aliphatic imine (C=N–C) groups is 2. The third-order valence-corrected chi connectivity index (χ3v) is 19.8. The van der Waals surface area contributed by atoms with E-state index in [2.05, 4.69) is 25.1 Å². The van der Waals surface area contributed by atoms with Crippen LogP contribution in [0.1, 0.15) is 156 Å². The van der Waals surface area contributed by atoms with E-state index in [-0.39, 0.29) is 97.7 Å². The SMILES string of the molecule is CCCCC1=N[C@](CC)(CNC(=O)CC#N)C(=O)N1Cc1ccc(-c2ccc(C(C)CCC3=N[C@@](CC)(CCF)C(=O)N3Cc3ccc(-c4ccccc4S(=O)(=O)Nc4noc(C)c4C)c(COCC)c3)cc2S(=O)(=O)Nc2noc(C)c2C)c(COCC)c1. The number of anilines is 2. The van der Waals surface area contributed by atoms with Crippen LogP contribution >= 0.6 is 0 Å². The lowest BCUT2D eigenvalue weighted by Crippen LogP contribution is -2.49. The Morgan fingerprint density at radius 2 is 1.20 bits per heavy atom. The van der Waals surface area contributed by atoms with Crippen LogP contribution in [-0.2, 0) is 70.2 Å². The summed E-state index contributed by atoms with van der Waals surface area (Å²) in [5.74, 6) is 0.627. The maximum atomic E-state index is 15.0. The lowest BCUT2D eigenvalue weighted by atomic mass is 9.92. The largest absolute Gasteiger partial charge is 0.377 e. The molecule has 4 aromatic carbocycles. The number of hydrogen-bond acceptors (Lipinski definition) is 16. The molecule has 480 valence electrons. The summed E-state index contributed by atoms with van der Waals surface area (Å²) in [5.41, 5.74) is 3.79. The first-order chi connectivity index (χ1) is 43.0. The van der Waals surface area contributed by atoms with E-state index in [1.807, 2.05) is 84.0 Å². The first-order valence-electron chi connectivity index (χ1n) is 30.6. The highest BCUT2D eigenvalue weighted by Gasteiger charge is 2.48. The van der Waals surface area contributed by atoms with Crippen LogP contribution in [0.25, 0.3) is 22.3 Å². The molecule has 3 amide bonds. The minimum Gasteiger partial charge on any atom is -0.377 e. The molecule has 21 nitrogen and oxygen atoms in total. The standard InChI is InChI=1S/C66H81FN10O11S2/c1-11-16-21-58-71-66(13-3,41-69-60(78)30-33-68)64(80)76(58)37-47-24-27-53(51(35-47)40-86-15-5)55-28-25-49(36-57(55)90(83,84)75-62-44(8)46(10)88-73-62)42(6)22-29-59-70-65(12-2,31-32-67)63(79)77(59)38-48-23-26-52(50(34-48)39-85-14-4)54-19-17-18-20-56(54)89(81,82)74-61-43(7)45(9)87-72-61/h17-20,23-28,34-36,42H,11-16,21-22,29-32,37-41H2,1-10H3,(H,69,78)(H,72,74)(H,73,75)/t42?,65-,66+/m0/s1. The van der Waals surface area contributed by atoms with E-state index in [0.717, 1.165) is 18.4 Å². The van der Waals surface area contributed by atoms with Crippen LogP contribution in [0.5, 0.6) is 0 Å². The molecule has 0 radical (unpaired) electrons. The van der Waals surface area contributed by atoms with Gasteiger partial charge in [0.2, 0.25) is 5.91 Å². The van der Waals surface area contributed by atoms with Crippen molar-refractivity contribution in [2.24, 2.45) is 9.98 Å². The number of amidine groups is 2. The third-order valence-electron chi connectivity index (χ3n) is 17.0. The summed E-state index contributed by atoms with van der Waals surface area (Å²) in [7, 11) is -8.61. The van der Waals surface area contributed by atoms with E-state index in [1.165, 1.54) is 6.07 Å². The van der Waals surface area contributed by atoms with Crippen molar-refractivity contribution in [3.8, 4) is 28.3 Å². The average molecular weight is 1270 g/mol. The zero-order valence-electron chi connectivity index (χ0n) is 52.9. The maximum Gasteiger partial charge on any atom is 0.263 e.